The third kappa shape index (κ3) is 4.97. The quantitative estimate of drug-likeness (QED) is 0.522. The van der Waals surface area contributed by atoms with Crippen molar-refractivity contribution in [1.29, 1.82) is 0 Å². The van der Waals surface area contributed by atoms with Gasteiger partial charge in [0.2, 0.25) is 10.0 Å². The molecule has 118 valence electrons. The Morgan fingerprint density at radius 1 is 1.48 bits per heavy atom. The van der Waals surface area contributed by atoms with Gasteiger partial charge in [-0.1, -0.05) is 0 Å². The molecule has 21 heavy (non-hydrogen) atoms. The summed E-state index contributed by atoms with van der Waals surface area (Å²) in [5.41, 5.74) is 0.00553. The molecule has 0 amide bonds. The zero-order chi connectivity index (χ0) is 16.0. The number of primary sulfonamides is 1. The summed E-state index contributed by atoms with van der Waals surface area (Å²) in [7, 11) is -2.50. The number of ether oxygens (including phenoxy) is 1. The number of sulfonamides is 1. The van der Waals surface area contributed by atoms with E-state index in [9.17, 15) is 18.3 Å². The minimum Gasteiger partial charge on any atom is -0.478 e. The maximum absolute atomic E-state index is 11.3. The summed E-state index contributed by atoms with van der Waals surface area (Å²) in [5.74, 6) is -1.29. The average Bonchev–Trinajstić information content (AvgIpc) is 2.38. The van der Waals surface area contributed by atoms with Gasteiger partial charge in [-0.25, -0.2) is 18.4 Å². The number of methoxy groups -OCH3 is 1. The first-order valence-electron chi connectivity index (χ1n) is 6.06. The van der Waals surface area contributed by atoms with Crippen LogP contribution in [0.2, 0.25) is 0 Å². The molecule has 0 saturated carbocycles. The summed E-state index contributed by atoms with van der Waals surface area (Å²) in [5, 5.41) is 26.0. The van der Waals surface area contributed by atoms with Crippen molar-refractivity contribution in [3.63, 3.8) is 0 Å². The fourth-order valence-corrected chi connectivity index (χ4v) is 2.32. The number of nitrogens with two attached hydrogens (primary N) is 1. The molecule has 0 aromatic heterocycles. The molecule has 1 unspecified atom stereocenters. The lowest BCUT2D eigenvalue weighted by molar-refractivity contribution is 0.0697. The number of hydrogen-bond donors (Lipinski definition) is 4. The van der Waals surface area contributed by atoms with E-state index < -0.39 is 16.0 Å². The summed E-state index contributed by atoms with van der Waals surface area (Å²) < 4.78 is 27.5. The van der Waals surface area contributed by atoms with Crippen molar-refractivity contribution < 1.29 is 28.2 Å². The first kappa shape index (κ1) is 17.4. The maximum atomic E-state index is 11.3. The van der Waals surface area contributed by atoms with Crippen LogP contribution >= 0.6 is 0 Å². The van der Waals surface area contributed by atoms with Crippen LogP contribution in [-0.2, 0) is 14.8 Å². The summed E-state index contributed by atoms with van der Waals surface area (Å²) in [4.78, 5) is 11.0. The molecule has 1 atom stereocenters. The van der Waals surface area contributed by atoms with Gasteiger partial charge < -0.3 is 20.3 Å². The molecule has 9 heteroatoms. The van der Waals surface area contributed by atoms with Crippen LogP contribution in [0.25, 0.3) is 0 Å². The highest BCUT2D eigenvalue weighted by Crippen LogP contribution is 2.21. The van der Waals surface area contributed by atoms with Gasteiger partial charge in [-0.2, -0.15) is 0 Å². The first-order valence-corrected chi connectivity index (χ1v) is 7.60. The third-order valence-electron chi connectivity index (χ3n) is 2.76. The fourth-order valence-electron chi connectivity index (χ4n) is 1.78. The Kier molecular flexibility index (Phi) is 6.09. The lowest BCUT2D eigenvalue weighted by Gasteiger charge is -2.19. The minimum atomic E-state index is -3.98. The zero-order valence-corrected chi connectivity index (χ0v) is 12.3. The molecule has 0 spiro atoms. The maximum Gasteiger partial charge on any atom is 0.337 e. The molecule has 0 fully saturated rings. The lowest BCUT2D eigenvalue weighted by Crippen LogP contribution is -2.27. The van der Waals surface area contributed by atoms with Gasteiger partial charge in [0, 0.05) is 19.4 Å². The number of rotatable bonds is 8. The summed E-state index contributed by atoms with van der Waals surface area (Å²) in [6.07, 6.45) is 0.351. The Hall–Kier alpha value is -1.68. The molecule has 8 nitrogen and oxygen atoms in total. The predicted molar refractivity (Wildman–Crippen MR) is 75.8 cm³/mol. The largest absolute Gasteiger partial charge is 0.478 e. The summed E-state index contributed by atoms with van der Waals surface area (Å²) >= 11 is 0. The van der Waals surface area contributed by atoms with E-state index in [4.69, 9.17) is 15.0 Å². The molecule has 5 N–H and O–H groups in total. The van der Waals surface area contributed by atoms with E-state index >= 15 is 0 Å². The molecule has 0 aliphatic rings. The van der Waals surface area contributed by atoms with Gasteiger partial charge in [0.25, 0.3) is 0 Å². The van der Waals surface area contributed by atoms with Crippen LogP contribution in [0.15, 0.2) is 23.1 Å². The Morgan fingerprint density at radius 3 is 2.62 bits per heavy atom. The number of aromatic carboxylic acids is 1. The van der Waals surface area contributed by atoms with Crippen LogP contribution in [0.1, 0.15) is 16.8 Å². The SMILES string of the molecule is COCC(CCO)Nc1ccc(S(N)(=O)=O)cc1C(=O)O. The Bertz CT molecular complexity index is 596. The molecule has 0 saturated heterocycles. The smallest absolute Gasteiger partial charge is 0.337 e. The summed E-state index contributed by atoms with van der Waals surface area (Å²) in [6, 6.07) is 3.22. The number of hydrogen-bond acceptors (Lipinski definition) is 6. The van der Waals surface area contributed by atoms with Crippen molar-refractivity contribution in [2.24, 2.45) is 5.14 Å². The monoisotopic (exact) mass is 318 g/mol. The van der Waals surface area contributed by atoms with Crippen LogP contribution in [0.5, 0.6) is 0 Å². The van der Waals surface area contributed by atoms with Gasteiger partial charge in [-0.05, 0) is 24.6 Å². The van der Waals surface area contributed by atoms with Crippen molar-refractivity contribution in [2.75, 3.05) is 25.6 Å². The topological polar surface area (TPSA) is 139 Å². The first-order chi connectivity index (χ1) is 9.79. The number of carboxylic acids is 1. The molecule has 1 aromatic carbocycles. The minimum absolute atomic E-state index is 0.0985. The van der Waals surface area contributed by atoms with Crippen molar-refractivity contribution in [1.82, 2.24) is 0 Å². The van der Waals surface area contributed by atoms with Crippen molar-refractivity contribution in [2.45, 2.75) is 17.4 Å². The zero-order valence-electron chi connectivity index (χ0n) is 11.4. The standard InChI is InChI=1S/C12H18N2O6S/c1-20-7-8(4-5-15)14-11-3-2-9(21(13,18)19)6-10(11)12(16)17/h2-3,6,8,14-15H,4-5,7H2,1H3,(H,16,17)(H2,13,18,19). The number of carboxylic acid groups (broad SMARTS) is 1. The number of carbonyl (C=O) groups is 1. The highest BCUT2D eigenvalue weighted by Gasteiger charge is 2.18. The van der Waals surface area contributed by atoms with Crippen molar-refractivity contribution in [3.8, 4) is 0 Å². The Balaban J connectivity index is 3.14. The predicted octanol–water partition coefficient (Wildman–Crippen LogP) is -0.158. The van der Waals surface area contributed by atoms with E-state index in [0.717, 1.165) is 6.07 Å². The normalized spacial score (nSPS) is 12.9. The molecule has 0 heterocycles. The third-order valence-corrected chi connectivity index (χ3v) is 3.67. The summed E-state index contributed by atoms with van der Waals surface area (Å²) in [6.45, 7) is 0.162. The highest BCUT2D eigenvalue weighted by molar-refractivity contribution is 7.89. The van der Waals surface area contributed by atoms with E-state index in [1.165, 1.54) is 19.2 Å². The number of aliphatic hydroxyl groups excluding tert-OH is 1. The Labute approximate surface area is 122 Å². The molecule has 0 radical (unpaired) electrons. The van der Waals surface area contributed by atoms with Crippen LogP contribution in [0.4, 0.5) is 5.69 Å². The van der Waals surface area contributed by atoms with E-state index in [-0.39, 0.29) is 35.4 Å². The second-order valence-electron chi connectivity index (χ2n) is 4.37. The lowest BCUT2D eigenvalue weighted by atomic mass is 10.1. The second-order valence-corrected chi connectivity index (χ2v) is 5.93. The number of anilines is 1. The molecule has 0 bridgehead atoms. The van der Waals surface area contributed by atoms with Gasteiger partial charge >= 0.3 is 5.97 Å². The van der Waals surface area contributed by atoms with Gasteiger partial charge in [-0.15, -0.1) is 0 Å². The molecular weight excluding hydrogens is 300 g/mol. The molecule has 0 aliphatic heterocycles. The molecular formula is C12H18N2O6S. The van der Waals surface area contributed by atoms with Crippen molar-refractivity contribution >= 4 is 21.7 Å². The van der Waals surface area contributed by atoms with Crippen LogP contribution < -0.4 is 10.5 Å². The van der Waals surface area contributed by atoms with Gasteiger partial charge in [-0.3, -0.25) is 0 Å². The van der Waals surface area contributed by atoms with Gasteiger partial charge in [0.1, 0.15) is 0 Å². The number of aliphatic hydroxyl groups is 1. The second kappa shape index (κ2) is 7.36. The van der Waals surface area contributed by atoms with E-state index in [2.05, 4.69) is 5.32 Å². The number of nitrogens with one attached hydrogen (secondary N) is 1. The van der Waals surface area contributed by atoms with Gasteiger partial charge in [0.15, 0.2) is 0 Å². The number of benzene rings is 1. The van der Waals surface area contributed by atoms with Crippen LogP contribution in [0, 0.1) is 0 Å². The molecule has 1 rings (SSSR count). The van der Waals surface area contributed by atoms with E-state index in [0.29, 0.717) is 6.42 Å². The Morgan fingerprint density at radius 2 is 2.14 bits per heavy atom. The molecule has 1 aromatic rings. The average molecular weight is 318 g/mol. The van der Waals surface area contributed by atoms with E-state index in [1.54, 1.807) is 0 Å². The van der Waals surface area contributed by atoms with E-state index in [1.807, 2.05) is 0 Å². The molecule has 0 aliphatic carbocycles. The van der Waals surface area contributed by atoms with Gasteiger partial charge in [0.05, 0.1) is 23.1 Å². The highest BCUT2D eigenvalue weighted by atomic mass is 32.2. The fraction of sp³-hybridized carbons (Fsp3) is 0.417. The van der Waals surface area contributed by atoms with Crippen molar-refractivity contribution in [3.05, 3.63) is 23.8 Å². The van der Waals surface area contributed by atoms with Crippen LogP contribution in [-0.4, -0.2) is 51.0 Å². The van der Waals surface area contributed by atoms with Crippen LogP contribution in [0.3, 0.4) is 0 Å².